The van der Waals surface area contributed by atoms with E-state index in [-0.39, 0.29) is 18.7 Å². The molecule has 4 heteroatoms. The van der Waals surface area contributed by atoms with Crippen LogP contribution in [0.3, 0.4) is 0 Å². The number of hydrogen-bond acceptors (Lipinski definition) is 3. The fraction of sp³-hybridized carbons (Fsp3) is 0.368. The van der Waals surface area contributed by atoms with Crippen LogP contribution >= 0.6 is 11.6 Å². The van der Waals surface area contributed by atoms with E-state index in [2.05, 4.69) is 47.6 Å². The zero-order valence-electron chi connectivity index (χ0n) is 13.3. The lowest BCUT2D eigenvalue weighted by Gasteiger charge is -2.35. The van der Waals surface area contributed by atoms with Gasteiger partial charge in [0.05, 0.1) is 22.8 Å². The number of nitrogens with zero attached hydrogens (tertiary/aromatic N) is 1. The average molecular weight is 331 g/mol. The molecule has 0 aromatic heterocycles. The normalized spacial score (nSPS) is 23.9. The van der Waals surface area contributed by atoms with Crippen molar-refractivity contribution in [3.05, 3.63) is 65.2 Å². The van der Waals surface area contributed by atoms with Crippen molar-refractivity contribution in [3.8, 4) is 0 Å². The number of benzene rings is 2. The molecule has 23 heavy (non-hydrogen) atoms. The Labute approximate surface area is 142 Å². The Morgan fingerprint density at radius 1 is 1.13 bits per heavy atom. The van der Waals surface area contributed by atoms with Gasteiger partial charge in [-0.1, -0.05) is 54.1 Å². The van der Waals surface area contributed by atoms with Gasteiger partial charge in [-0.2, -0.15) is 0 Å². The largest absolute Gasteiger partial charge is 0.396 e. The number of rotatable bonds is 5. The molecule has 0 aliphatic carbocycles. The molecule has 1 aliphatic heterocycles. The lowest BCUT2D eigenvalue weighted by Crippen LogP contribution is -2.40. The SMILES string of the molecule is CN(c1ccccc1Cl)C1C(CCO)CNC1c1ccccc1. The molecular formula is C19H23ClN2O. The van der Waals surface area contributed by atoms with Gasteiger partial charge in [-0.3, -0.25) is 0 Å². The molecule has 2 N–H and O–H groups in total. The van der Waals surface area contributed by atoms with Crippen molar-refractivity contribution in [2.75, 3.05) is 25.1 Å². The third-order valence-corrected chi connectivity index (χ3v) is 5.08. The summed E-state index contributed by atoms with van der Waals surface area (Å²) in [6, 6.07) is 18.9. The second-order valence-electron chi connectivity index (χ2n) is 6.12. The van der Waals surface area contributed by atoms with Crippen LogP contribution in [0.1, 0.15) is 18.0 Å². The summed E-state index contributed by atoms with van der Waals surface area (Å²) in [5, 5.41) is 13.8. The van der Waals surface area contributed by atoms with Gasteiger partial charge in [0.1, 0.15) is 0 Å². The first-order valence-electron chi connectivity index (χ1n) is 8.09. The molecule has 1 heterocycles. The van der Waals surface area contributed by atoms with Gasteiger partial charge in [-0.05, 0) is 30.0 Å². The highest BCUT2D eigenvalue weighted by Gasteiger charge is 2.39. The van der Waals surface area contributed by atoms with Gasteiger partial charge in [-0.15, -0.1) is 0 Å². The van der Waals surface area contributed by atoms with Crippen molar-refractivity contribution in [2.45, 2.75) is 18.5 Å². The Morgan fingerprint density at radius 3 is 2.52 bits per heavy atom. The summed E-state index contributed by atoms with van der Waals surface area (Å²) in [5.41, 5.74) is 2.31. The minimum atomic E-state index is 0.209. The molecule has 1 aliphatic rings. The molecule has 3 rings (SSSR count). The molecule has 3 nitrogen and oxygen atoms in total. The van der Waals surface area contributed by atoms with Crippen molar-refractivity contribution >= 4 is 17.3 Å². The fourth-order valence-electron chi connectivity index (χ4n) is 3.64. The van der Waals surface area contributed by atoms with Crippen LogP contribution < -0.4 is 10.2 Å². The molecule has 2 aromatic rings. The summed E-state index contributed by atoms with van der Waals surface area (Å²) in [6.07, 6.45) is 0.787. The monoisotopic (exact) mass is 330 g/mol. The molecule has 3 unspecified atom stereocenters. The molecule has 3 atom stereocenters. The number of aliphatic hydroxyl groups excluding tert-OH is 1. The standard InChI is InChI=1S/C19H23ClN2O/c1-22(17-10-6-5-9-16(17)20)19-15(11-12-23)13-21-18(19)14-7-3-2-4-8-14/h2-10,15,18-19,21,23H,11-13H2,1H3. The maximum Gasteiger partial charge on any atom is 0.0639 e. The number of para-hydroxylation sites is 1. The van der Waals surface area contributed by atoms with Crippen molar-refractivity contribution in [1.29, 1.82) is 0 Å². The number of likely N-dealkylation sites (N-methyl/N-ethyl adjacent to an activating group) is 1. The highest BCUT2D eigenvalue weighted by molar-refractivity contribution is 6.33. The van der Waals surface area contributed by atoms with Gasteiger partial charge in [0.15, 0.2) is 0 Å². The molecule has 1 saturated heterocycles. The predicted molar refractivity (Wildman–Crippen MR) is 96.0 cm³/mol. The van der Waals surface area contributed by atoms with Gasteiger partial charge in [-0.25, -0.2) is 0 Å². The van der Waals surface area contributed by atoms with Gasteiger partial charge in [0.25, 0.3) is 0 Å². The van der Waals surface area contributed by atoms with Crippen molar-refractivity contribution in [2.24, 2.45) is 5.92 Å². The maximum absolute atomic E-state index is 9.44. The van der Waals surface area contributed by atoms with Crippen LogP contribution in [0.2, 0.25) is 5.02 Å². The minimum absolute atomic E-state index is 0.209. The smallest absolute Gasteiger partial charge is 0.0639 e. The van der Waals surface area contributed by atoms with E-state index < -0.39 is 0 Å². The zero-order chi connectivity index (χ0) is 16.2. The van der Waals surface area contributed by atoms with Crippen LogP contribution in [-0.4, -0.2) is 31.3 Å². The first kappa shape index (κ1) is 16.3. The lowest BCUT2D eigenvalue weighted by atomic mass is 9.90. The number of aliphatic hydroxyl groups is 1. The maximum atomic E-state index is 9.44. The Kier molecular flexibility index (Phi) is 5.21. The third-order valence-electron chi connectivity index (χ3n) is 4.76. The average Bonchev–Trinajstić information content (AvgIpc) is 2.99. The van der Waals surface area contributed by atoms with Crippen LogP contribution in [-0.2, 0) is 0 Å². The molecule has 0 saturated carbocycles. The molecule has 1 fully saturated rings. The molecule has 0 spiro atoms. The van der Waals surface area contributed by atoms with Gasteiger partial charge < -0.3 is 15.3 Å². The van der Waals surface area contributed by atoms with E-state index in [4.69, 9.17) is 11.6 Å². The minimum Gasteiger partial charge on any atom is -0.396 e. The fourth-order valence-corrected chi connectivity index (χ4v) is 3.91. The second kappa shape index (κ2) is 7.35. The Hall–Kier alpha value is -1.55. The van der Waals surface area contributed by atoms with Crippen molar-refractivity contribution in [3.63, 3.8) is 0 Å². The zero-order valence-corrected chi connectivity index (χ0v) is 14.1. The van der Waals surface area contributed by atoms with Crippen LogP contribution in [0.25, 0.3) is 0 Å². The van der Waals surface area contributed by atoms with E-state index in [0.717, 1.165) is 23.7 Å². The summed E-state index contributed by atoms with van der Waals surface area (Å²) in [6.45, 7) is 1.11. The van der Waals surface area contributed by atoms with E-state index in [1.165, 1.54) is 5.56 Å². The summed E-state index contributed by atoms with van der Waals surface area (Å²) >= 11 is 6.40. The Morgan fingerprint density at radius 2 is 1.83 bits per heavy atom. The van der Waals surface area contributed by atoms with Gasteiger partial charge in [0, 0.05) is 20.2 Å². The van der Waals surface area contributed by atoms with Crippen LogP contribution in [0.4, 0.5) is 5.69 Å². The summed E-state index contributed by atoms with van der Waals surface area (Å²) in [4.78, 5) is 2.26. The van der Waals surface area contributed by atoms with Crippen LogP contribution in [0.15, 0.2) is 54.6 Å². The number of hydrogen-bond donors (Lipinski definition) is 2. The van der Waals surface area contributed by atoms with Crippen molar-refractivity contribution < 1.29 is 5.11 Å². The van der Waals surface area contributed by atoms with Crippen molar-refractivity contribution in [1.82, 2.24) is 5.32 Å². The number of halogens is 1. The Bertz CT molecular complexity index is 634. The molecular weight excluding hydrogens is 308 g/mol. The molecule has 122 valence electrons. The second-order valence-corrected chi connectivity index (χ2v) is 6.53. The van der Waals surface area contributed by atoms with Crippen LogP contribution in [0.5, 0.6) is 0 Å². The van der Waals surface area contributed by atoms with E-state index >= 15 is 0 Å². The lowest BCUT2D eigenvalue weighted by molar-refractivity contribution is 0.252. The quantitative estimate of drug-likeness (QED) is 0.881. The Balaban J connectivity index is 1.94. The number of anilines is 1. The first-order valence-corrected chi connectivity index (χ1v) is 8.46. The number of nitrogens with one attached hydrogen (secondary N) is 1. The van der Waals surface area contributed by atoms with Gasteiger partial charge in [0.2, 0.25) is 0 Å². The highest BCUT2D eigenvalue weighted by Crippen LogP contribution is 2.37. The molecule has 0 bridgehead atoms. The van der Waals surface area contributed by atoms with E-state index in [9.17, 15) is 5.11 Å². The van der Waals surface area contributed by atoms with E-state index in [0.29, 0.717) is 5.92 Å². The summed E-state index contributed by atoms with van der Waals surface area (Å²) < 4.78 is 0. The predicted octanol–water partition coefficient (Wildman–Crippen LogP) is 3.49. The third kappa shape index (κ3) is 3.37. The molecule has 0 amide bonds. The first-order chi connectivity index (χ1) is 11.2. The topological polar surface area (TPSA) is 35.5 Å². The summed E-state index contributed by atoms with van der Waals surface area (Å²) in [5.74, 6) is 0.381. The molecule has 0 radical (unpaired) electrons. The van der Waals surface area contributed by atoms with E-state index in [1.54, 1.807) is 0 Å². The summed E-state index contributed by atoms with van der Waals surface area (Å²) in [7, 11) is 2.10. The van der Waals surface area contributed by atoms with Gasteiger partial charge >= 0.3 is 0 Å². The highest BCUT2D eigenvalue weighted by atomic mass is 35.5. The van der Waals surface area contributed by atoms with Crippen LogP contribution in [0, 0.1) is 5.92 Å². The molecule has 2 aromatic carbocycles. The van der Waals surface area contributed by atoms with E-state index in [1.807, 2.05) is 24.3 Å².